The Labute approximate surface area is 147 Å². The molecule has 1 aromatic carbocycles. The first-order valence-electron chi connectivity index (χ1n) is 8.30. The standard InChI is InChI=1S/C20H21N3O2/c1-19(2)11-12-20(3,4)17-16(19)21-15(22-23-17)10-7-13-5-8-14(9-6-13)18(24)25/h5-6,8-9H,11-12H2,1-4H3,(H,24,25). The lowest BCUT2D eigenvalue weighted by Gasteiger charge is -2.38. The molecule has 3 rings (SSSR count). The molecule has 0 spiro atoms. The Morgan fingerprint density at radius 3 is 2.16 bits per heavy atom. The van der Waals surface area contributed by atoms with E-state index in [2.05, 4.69) is 54.7 Å². The van der Waals surface area contributed by atoms with Gasteiger partial charge in [-0.25, -0.2) is 9.78 Å². The first-order chi connectivity index (χ1) is 11.7. The molecule has 1 aliphatic carbocycles. The second-order valence-corrected chi connectivity index (χ2v) is 7.73. The quantitative estimate of drug-likeness (QED) is 0.809. The molecule has 128 valence electrons. The molecule has 25 heavy (non-hydrogen) atoms. The molecule has 0 saturated heterocycles. The van der Waals surface area contributed by atoms with Crippen LogP contribution in [-0.2, 0) is 10.8 Å². The molecule has 0 amide bonds. The molecule has 5 heteroatoms. The van der Waals surface area contributed by atoms with Crippen molar-refractivity contribution in [3.8, 4) is 11.8 Å². The summed E-state index contributed by atoms with van der Waals surface area (Å²) in [5, 5.41) is 17.5. The highest BCUT2D eigenvalue weighted by Gasteiger charge is 2.40. The number of fused-ring (bicyclic) bond motifs is 1. The highest BCUT2D eigenvalue weighted by molar-refractivity contribution is 5.87. The molecule has 0 saturated carbocycles. The van der Waals surface area contributed by atoms with Gasteiger partial charge < -0.3 is 5.11 Å². The lowest BCUT2D eigenvalue weighted by Crippen LogP contribution is -2.36. The molecule has 0 radical (unpaired) electrons. The van der Waals surface area contributed by atoms with Crippen LogP contribution in [0.1, 0.15) is 73.7 Å². The van der Waals surface area contributed by atoms with Crippen LogP contribution in [0.5, 0.6) is 0 Å². The number of carboxylic acid groups (broad SMARTS) is 1. The van der Waals surface area contributed by atoms with Gasteiger partial charge in [0.05, 0.1) is 17.0 Å². The van der Waals surface area contributed by atoms with Crippen molar-refractivity contribution in [2.45, 2.75) is 51.4 Å². The minimum atomic E-state index is -0.952. The molecule has 0 bridgehead atoms. The monoisotopic (exact) mass is 335 g/mol. The zero-order chi connectivity index (χ0) is 18.2. The van der Waals surface area contributed by atoms with E-state index in [9.17, 15) is 4.79 Å². The van der Waals surface area contributed by atoms with E-state index in [0.29, 0.717) is 11.4 Å². The zero-order valence-electron chi connectivity index (χ0n) is 14.9. The fraction of sp³-hybridized carbons (Fsp3) is 0.400. The lowest BCUT2D eigenvalue weighted by molar-refractivity contribution is 0.0697. The maximum Gasteiger partial charge on any atom is 0.335 e. The highest BCUT2D eigenvalue weighted by atomic mass is 16.4. The second kappa shape index (κ2) is 5.96. The normalized spacial score (nSPS) is 17.1. The van der Waals surface area contributed by atoms with Crippen LogP contribution in [0.15, 0.2) is 24.3 Å². The van der Waals surface area contributed by atoms with Crippen molar-refractivity contribution in [3.63, 3.8) is 0 Å². The number of carboxylic acids is 1. The van der Waals surface area contributed by atoms with Gasteiger partial charge in [-0.15, -0.1) is 5.10 Å². The average Bonchev–Trinajstić information content (AvgIpc) is 2.57. The summed E-state index contributed by atoms with van der Waals surface area (Å²) in [6.07, 6.45) is 2.11. The summed E-state index contributed by atoms with van der Waals surface area (Å²) in [4.78, 5) is 15.6. The Balaban J connectivity index is 1.94. The largest absolute Gasteiger partial charge is 0.478 e. The van der Waals surface area contributed by atoms with E-state index in [1.165, 1.54) is 12.1 Å². The van der Waals surface area contributed by atoms with Gasteiger partial charge in [0.25, 0.3) is 0 Å². The second-order valence-electron chi connectivity index (χ2n) is 7.73. The van der Waals surface area contributed by atoms with Crippen LogP contribution in [0.3, 0.4) is 0 Å². The highest BCUT2D eigenvalue weighted by Crippen LogP contribution is 2.43. The zero-order valence-corrected chi connectivity index (χ0v) is 14.9. The van der Waals surface area contributed by atoms with E-state index in [1.54, 1.807) is 12.1 Å². The molecule has 1 aliphatic rings. The SMILES string of the molecule is CC1(C)CCC(C)(C)c2nc(C#Cc3ccc(C(=O)O)cc3)nnc21. The Bertz CT molecular complexity index is 887. The summed E-state index contributed by atoms with van der Waals surface area (Å²) in [5.74, 6) is 5.36. The third kappa shape index (κ3) is 3.39. The maximum absolute atomic E-state index is 10.9. The molecule has 0 atom stereocenters. The van der Waals surface area contributed by atoms with E-state index >= 15 is 0 Å². The van der Waals surface area contributed by atoms with Gasteiger partial charge >= 0.3 is 5.97 Å². The molecule has 0 fully saturated rings. The van der Waals surface area contributed by atoms with Gasteiger partial charge in [0.2, 0.25) is 5.82 Å². The van der Waals surface area contributed by atoms with Crippen molar-refractivity contribution in [2.75, 3.05) is 0 Å². The predicted octanol–water partition coefficient (Wildman–Crippen LogP) is 3.32. The lowest BCUT2D eigenvalue weighted by atomic mass is 9.67. The summed E-state index contributed by atoms with van der Waals surface area (Å²) in [7, 11) is 0. The number of rotatable bonds is 1. The summed E-state index contributed by atoms with van der Waals surface area (Å²) in [5.41, 5.74) is 2.82. The third-order valence-corrected chi connectivity index (χ3v) is 4.79. The molecule has 1 aromatic heterocycles. The van der Waals surface area contributed by atoms with Crippen LogP contribution in [0.4, 0.5) is 0 Å². The van der Waals surface area contributed by atoms with Crippen molar-refractivity contribution in [1.29, 1.82) is 0 Å². The minimum absolute atomic E-state index is 0.0243. The van der Waals surface area contributed by atoms with E-state index in [0.717, 1.165) is 24.2 Å². The van der Waals surface area contributed by atoms with Crippen molar-refractivity contribution in [1.82, 2.24) is 15.2 Å². The topological polar surface area (TPSA) is 76.0 Å². The molecule has 1 heterocycles. The summed E-state index contributed by atoms with van der Waals surface area (Å²) in [6.45, 7) is 8.70. The first-order valence-corrected chi connectivity index (χ1v) is 8.30. The summed E-state index contributed by atoms with van der Waals surface area (Å²) >= 11 is 0. The van der Waals surface area contributed by atoms with Crippen LogP contribution in [0.2, 0.25) is 0 Å². The molecule has 0 aliphatic heterocycles. The fourth-order valence-corrected chi connectivity index (χ4v) is 2.99. The molecular formula is C20H21N3O2. The van der Waals surface area contributed by atoms with Crippen LogP contribution < -0.4 is 0 Å². The summed E-state index contributed by atoms with van der Waals surface area (Å²) < 4.78 is 0. The number of hydrogen-bond donors (Lipinski definition) is 1. The summed E-state index contributed by atoms with van der Waals surface area (Å²) in [6, 6.07) is 6.42. The van der Waals surface area contributed by atoms with Gasteiger partial charge in [0, 0.05) is 16.4 Å². The minimum Gasteiger partial charge on any atom is -0.478 e. The molecule has 5 nitrogen and oxygen atoms in total. The molecule has 2 aromatic rings. The Morgan fingerprint density at radius 2 is 1.56 bits per heavy atom. The molecular weight excluding hydrogens is 314 g/mol. The fourth-order valence-electron chi connectivity index (χ4n) is 2.99. The van der Waals surface area contributed by atoms with Gasteiger partial charge in [-0.05, 0) is 43.0 Å². The van der Waals surface area contributed by atoms with Crippen LogP contribution in [0, 0.1) is 11.8 Å². The Kier molecular flexibility index (Phi) is 4.08. The van der Waals surface area contributed by atoms with Crippen molar-refractivity contribution in [2.24, 2.45) is 0 Å². The number of nitrogens with zero attached hydrogens (tertiary/aromatic N) is 3. The predicted molar refractivity (Wildman–Crippen MR) is 94.5 cm³/mol. The number of benzene rings is 1. The number of hydrogen-bond acceptors (Lipinski definition) is 4. The maximum atomic E-state index is 10.9. The number of carbonyl (C=O) groups is 1. The molecule has 0 unspecified atom stereocenters. The van der Waals surface area contributed by atoms with Crippen molar-refractivity contribution >= 4 is 5.97 Å². The van der Waals surface area contributed by atoms with Gasteiger partial charge in [-0.1, -0.05) is 33.6 Å². The van der Waals surface area contributed by atoms with Crippen LogP contribution in [0.25, 0.3) is 0 Å². The van der Waals surface area contributed by atoms with Crippen LogP contribution in [-0.4, -0.2) is 26.3 Å². The van der Waals surface area contributed by atoms with Gasteiger partial charge in [0.1, 0.15) is 0 Å². The smallest absolute Gasteiger partial charge is 0.335 e. The van der Waals surface area contributed by atoms with Crippen molar-refractivity contribution < 1.29 is 9.90 Å². The van der Waals surface area contributed by atoms with E-state index in [1.807, 2.05) is 0 Å². The van der Waals surface area contributed by atoms with Gasteiger partial charge in [0.15, 0.2) is 0 Å². The van der Waals surface area contributed by atoms with E-state index in [4.69, 9.17) is 5.11 Å². The average molecular weight is 335 g/mol. The van der Waals surface area contributed by atoms with Gasteiger partial charge in [-0.3, -0.25) is 0 Å². The van der Waals surface area contributed by atoms with Gasteiger partial charge in [-0.2, -0.15) is 5.10 Å². The Morgan fingerprint density at radius 1 is 0.960 bits per heavy atom. The molecule has 1 N–H and O–H groups in total. The van der Waals surface area contributed by atoms with E-state index < -0.39 is 5.97 Å². The first kappa shape index (κ1) is 17.1. The number of aromatic nitrogens is 3. The number of aromatic carboxylic acids is 1. The Hall–Kier alpha value is -2.74. The van der Waals surface area contributed by atoms with E-state index in [-0.39, 0.29) is 16.4 Å². The van der Waals surface area contributed by atoms with Crippen molar-refractivity contribution in [3.05, 3.63) is 52.6 Å². The van der Waals surface area contributed by atoms with Crippen LogP contribution >= 0.6 is 0 Å². The third-order valence-electron chi connectivity index (χ3n) is 4.79.